The van der Waals surface area contributed by atoms with Crippen LogP contribution in [0.25, 0.3) is 27.6 Å². The Morgan fingerprint density at radius 1 is 0.903 bits per heavy atom. The van der Waals surface area contributed by atoms with Gasteiger partial charge in [-0.3, -0.25) is 4.72 Å². The van der Waals surface area contributed by atoms with E-state index in [2.05, 4.69) is 20.0 Å². The fourth-order valence-electron chi connectivity index (χ4n) is 3.08. The summed E-state index contributed by atoms with van der Waals surface area (Å²) in [6.45, 7) is 0. The Balaban J connectivity index is 1.44. The lowest BCUT2D eigenvalue weighted by molar-refractivity contribution is 0.601. The van der Waals surface area contributed by atoms with E-state index in [9.17, 15) is 8.42 Å². The van der Waals surface area contributed by atoms with Gasteiger partial charge in [-0.15, -0.1) is 21.5 Å². The first kappa shape index (κ1) is 19.7. The molecule has 0 fully saturated rings. The summed E-state index contributed by atoms with van der Waals surface area (Å²) < 4.78 is 29.5. The third-order valence-corrected chi connectivity index (χ3v) is 7.31. The molecule has 3 aromatic heterocycles. The maximum Gasteiger partial charge on any atom is 0.263 e. The molecular weight excluding hydrogens is 454 g/mol. The van der Waals surface area contributed by atoms with Crippen molar-refractivity contribution in [3.05, 3.63) is 83.2 Å². The van der Waals surface area contributed by atoms with E-state index >= 15 is 0 Å². The molecule has 0 aliphatic carbocycles. The first-order valence-electron chi connectivity index (χ1n) is 9.15. The predicted molar refractivity (Wildman–Crippen MR) is 122 cm³/mol. The van der Waals surface area contributed by atoms with Crippen LogP contribution in [0.15, 0.2) is 83.1 Å². The summed E-state index contributed by atoms with van der Waals surface area (Å²) in [5.41, 5.74) is 2.61. The molecular formula is C21H14ClN5O2S2. The lowest BCUT2D eigenvalue weighted by Gasteiger charge is -2.10. The highest BCUT2D eigenvalue weighted by Gasteiger charge is 2.17. The second-order valence-corrected chi connectivity index (χ2v) is 9.61. The zero-order valence-electron chi connectivity index (χ0n) is 15.8. The van der Waals surface area contributed by atoms with Crippen LogP contribution in [0, 0.1) is 0 Å². The molecule has 0 saturated carbocycles. The predicted octanol–water partition coefficient (Wildman–Crippen LogP) is 4.97. The zero-order valence-corrected chi connectivity index (χ0v) is 18.2. The monoisotopic (exact) mass is 467 g/mol. The third kappa shape index (κ3) is 3.78. The molecule has 0 spiro atoms. The first-order valence-corrected chi connectivity index (χ1v) is 11.9. The third-order valence-electron chi connectivity index (χ3n) is 4.56. The van der Waals surface area contributed by atoms with Gasteiger partial charge in [0.2, 0.25) is 0 Å². The Morgan fingerprint density at radius 3 is 2.45 bits per heavy atom. The maximum absolute atomic E-state index is 12.6. The highest BCUT2D eigenvalue weighted by atomic mass is 35.5. The minimum atomic E-state index is -3.79. The maximum atomic E-state index is 12.6. The molecule has 3 heterocycles. The van der Waals surface area contributed by atoms with Gasteiger partial charge in [-0.25, -0.2) is 8.42 Å². The number of hydrogen-bond donors (Lipinski definition) is 1. The number of nitrogens with zero attached hydrogens (tertiary/aromatic N) is 4. The molecule has 154 valence electrons. The SMILES string of the molecule is O=S(=O)(Nc1ccc(-c2ccc3nnc(-c4cccs4)n3n2)cc1)c1ccccc1Cl. The van der Waals surface area contributed by atoms with Crippen LogP contribution in [0.4, 0.5) is 5.69 Å². The highest BCUT2D eigenvalue weighted by Crippen LogP contribution is 2.27. The Hall–Kier alpha value is -3.27. The van der Waals surface area contributed by atoms with Gasteiger partial charge in [-0.05, 0) is 47.8 Å². The van der Waals surface area contributed by atoms with Crippen molar-refractivity contribution < 1.29 is 8.42 Å². The molecule has 2 aromatic carbocycles. The molecule has 0 unspecified atom stereocenters. The summed E-state index contributed by atoms with van der Waals surface area (Å²) in [6, 6.07) is 20.9. The number of anilines is 1. The highest BCUT2D eigenvalue weighted by molar-refractivity contribution is 7.92. The van der Waals surface area contributed by atoms with Gasteiger partial charge >= 0.3 is 0 Å². The van der Waals surface area contributed by atoms with Gasteiger partial charge in [0.1, 0.15) is 4.90 Å². The van der Waals surface area contributed by atoms with Crippen molar-refractivity contribution in [2.24, 2.45) is 0 Å². The smallest absolute Gasteiger partial charge is 0.263 e. The standard InChI is InChI=1S/C21H14ClN5O2S2/c22-16-4-1-2-6-19(16)31(28,29)26-15-9-7-14(8-10-15)17-11-12-20-23-24-21(27(20)25-17)18-5-3-13-30-18/h1-13,26H. The topological polar surface area (TPSA) is 89.2 Å². The number of thiophene rings is 1. The lowest BCUT2D eigenvalue weighted by Crippen LogP contribution is -2.13. The van der Waals surface area contributed by atoms with Crippen LogP contribution >= 0.6 is 22.9 Å². The number of rotatable bonds is 5. The van der Waals surface area contributed by atoms with Crippen LogP contribution in [0.3, 0.4) is 0 Å². The molecule has 7 nitrogen and oxygen atoms in total. The molecule has 0 amide bonds. The first-order chi connectivity index (χ1) is 15.0. The van der Waals surface area contributed by atoms with E-state index in [0.29, 0.717) is 22.9 Å². The van der Waals surface area contributed by atoms with Crippen LogP contribution in [-0.2, 0) is 10.0 Å². The quantitative estimate of drug-likeness (QED) is 0.394. The van der Waals surface area contributed by atoms with Crippen LogP contribution in [0.2, 0.25) is 5.02 Å². The van der Waals surface area contributed by atoms with Crippen LogP contribution in [0.5, 0.6) is 0 Å². The largest absolute Gasteiger partial charge is 0.280 e. The van der Waals surface area contributed by atoms with Gasteiger partial charge in [0.25, 0.3) is 10.0 Å². The minimum Gasteiger partial charge on any atom is -0.280 e. The molecule has 0 saturated heterocycles. The van der Waals surface area contributed by atoms with E-state index in [-0.39, 0.29) is 9.92 Å². The van der Waals surface area contributed by atoms with E-state index in [1.54, 1.807) is 52.3 Å². The summed E-state index contributed by atoms with van der Waals surface area (Å²) in [4.78, 5) is 1.00. The second-order valence-electron chi connectivity index (χ2n) is 6.60. The summed E-state index contributed by atoms with van der Waals surface area (Å²) >= 11 is 7.59. The van der Waals surface area contributed by atoms with Gasteiger partial charge in [0, 0.05) is 11.3 Å². The number of nitrogens with one attached hydrogen (secondary N) is 1. The number of sulfonamides is 1. The number of halogens is 1. The number of benzene rings is 2. The average molecular weight is 468 g/mol. The number of hydrogen-bond acceptors (Lipinski definition) is 6. The second kappa shape index (κ2) is 7.77. The molecule has 0 atom stereocenters. The van der Waals surface area contributed by atoms with Crippen molar-refractivity contribution in [1.82, 2.24) is 19.8 Å². The summed E-state index contributed by atoms with van der Waals surface area (Å²) in [7, 11) is -3.79. The molecule has 0 bridgehead atoms. The number of fused-ring (bicyclic) bond motifs is 1. The van der Waals surface area contributed by atoms with Crippen molar-refractivity contribution in [3.8, 4) is 22.0 Å². The van der Waals surface area contributed by atoms with Crippen molar-refractivity contribution >= 4 is 44.3 Å². The van der Waals surface area contributed by atoms with Gasteiger partial charge in [-0.2, -0.15) is 9.61 Å². The van der Waals surface area contributed by atoms with Crippen molar-refractivity contribution in [3.63, 3.8) is 0 Å². The summed E-state index contributed by atoms with van der Waals surface area (Å²) in [5.74, 6) is 0.677. The zero-order chi connectivity index (χ0) is 21.4. The average Bonchev–Trinajstić information content (AvgIpc) is 3.43. The molecule has 10 heteroatoms. The molecule has 1 N–H and O–H groups in total. The molecule has 0 aliphatic heterocycles. The van der Waals surface area contributed by atoms with Crippen LogP contribution in [-0.4, -0.2) is 28.2 Å². The van der Waals surface area contributed by atoms with Crippen molar-refractivity contribution in [2.75, 3.05) is 4.72 Å². The molecule has 0 aliphatic rings. The van der Waals surface area contributed by atoms with E-state index in [0.717, 1.165) is 10.4 Å². The number of aromatic nitrogens is 4. The van der Waals surface area contributed by atoms with E-state index in [1.165, 1.54) is 12.1 Å². The Bertz CT molecular complexity index is 1480. The normalized spacial score (nSPS) is 11.6. The van der Waals surface area contributed by atoms with Crippen LogP contribution in [0.1, 0.15) is 0 Å². The molecule has 31 heavy (non-hydrogen) atoms. The van der Waals surface area contributed by atoms with E-state index in [4.69, 9.17) is 11.6 Å². The van der Waals surface area contributed by atoms with Crippen molar-refractivity contribution in [2.45, 2.75) is 4.90 Å². The summed E-state index contributed by atoms with van der Waals surface area (Å²) in [6.07, 6.45) is 0. The van der Waals surface area contributed by atoms with Crippen LogP contribution < -0.4 is 4.72 Å². The van der Waals surface area contributed by atoms with Gasteiger partial charge in [0.05, 0.1) is 15.6 Å². The van der Waals surface area contributed by atoms with Gasteiger partial charge < -0.3 is 0 Å². The fraction of sp³-hybridized carbons (Fsp3) is 0. The Kier molecular flexibility index (Phi) is 4.93. The minimum absolute atomic E-state index is 0.0292. The summed E-state index contributed by atoms with van der Waals surface area (Å²) in [5, 5.41) is 15.2. The molecule has 0 radical (unpaired) electrons. The van der Waals surface area contributed by atoms with Gasteiger partial charge in [0.15, 0.2) is 11.5 Å². The Labute approximate surface area is 187 Å². The van der Waals surface area contributed by atoms with E-state index in [1.807, 2.05) is 29.6 Å². The Morgan fingerprint density at radius 2 is 1.71 bits per heavy atom. The molecule has 5 rings (SSSR count). The fourth-order valence-corrected chi connectivity index (χ4v) is 5.36. The van der Waals surface area contributed by atoms with Crippen molar-refractivity contribution in [1.29, 1.82) is 0 Å². The lowest BCUT2D eigenvalue weighted by atomic mass is 10.1. The van der Waals surface area contributed by atoms with E-state index < -0.39 is 10.0 Å². The molecule has 5 aromatic rings. The van der Waals surface area contributed by atoms with Gasteiger partial charge in [-0.1, -0.05) is 41.9 Å².